The van der Waals surface area contributed by atoms with Crippen LogP contribution in [-0.4, -0.2) is 224 Å². The quantitative estimate of drug-likeness (QED) is 0.0257. The molecule has 0 spiro atoms. The van der Waals surface area contributed by atoms with Crippen LogP contribution < -0.4 is 70.0 Å². The van der Waals surface area contributed by atoms with Crippen LogP contribution in [0.5, 0.6) is 0 Å². The Morgan fingerprint density at radius 3 is 1.39 bits per heavy atom. The van der Waals surface area contributed by atoms with Gasteiger partial charge in [0.15, 0.2) is 0 Å². The van der Waals surface area contributed by atoms with Crippen molar-refractivity contribution in [3.63, 3.8) is 0 Å². The molecule has 0 aromatic rings. The number of hydrogen-bond donors (Lipinski definition) is 21. The number of likely N-dealkylation sites (tertiary alicyclic amines) is 1. The highest BCUT2D eigenvalue weighted by Gasteiger charge is 2.41. The number of carboxylic acid groups (broad SMARTS) is 2. The zero-order valence-electron chi connectivity index (χ0n) is 45.7. The summed E-state index contributed by atoms with van der Waals surface area (Å²) in [5.74, 6) is -16.6. The number of nitrogens with two attached hydrogens (primary N) is 2. The summed E-state index contributed by atoms with van der Waals surface area (Å²) in [7, 11) is 0. The number of carboxylic acids is 2. The fourth-order valence-corrected chi connectivity index (χ4v) is 8.89. The average Bonchev–Trinajstić information content (AvgIpc) is 4.09. The molecule has 1 aliphatic heterocycles. The van der Waals surface area contributed by atoms with Gasteiger partial charge in [0.2, 0.25) is 76.8 Å². The Balaban J connectivity index is 3.13. The van der Waals surface area contributed by atoms with Gasteiger partial charge in [0.25, 0.3) is 0 Å². The summed E-state index contributed by atoms with van der Waals surface area (Å²) in [4.78, 5) is 195. The largest absolute Gasteiger partial charge is 0.481 e. The van der Waals surface area contributed by atoms with Crippen molar-refractivity contribution in [2.75, 3.05) is 47.6 Å². The van der Waals surface area contributed by atoms with Crippen molar-refractivity contribution in [2.24, 2.45) is 17.4 Å². The third kappa shape index (κ3) is 26.3. The fourth-order valence-electron chi connectivity index (χ4n) is 7.45. The highest BCUT2D eigenvalue weighted by Crippen LogP contribution is 2.20. The van der Waals surface area contributed by atoms with Gasteiger partial charge in [0.1, 0.15) is 66.5 Å². The van der Waals surface area contributed by atoms with Crippen molar-refractivity contribution in [2.45, 2.75) is 139 Å². The van der Waals surface area contributed by atoms with Crippen molar-refractivity contribution < 1.29 is 82.1 Å². The number of primary amides is 1. The number of carbonyl (C=O) groups is 15. The maximum absolute atomic E-state index is 14.1. The van der Waals surface area contributed by atoms with Crippen LogP contribution in [0, 0.1) is 5.92 Å². The first-order valence-corrected chi connectivity index (χ1v) is 29.4. The lowest BCUT2D eigenvalue weighted by Gasteiger charge is -2.30. The minimum Gasteiger partial charge on any atom is -0.481 e. The number of carbonyl (C=O) groups excluding carboxylic acids is 13. The van der Waals surface area contributed by atoms with E-state index in [1.54, 1.807) is 13.8 Å². The van der Waals surface area contributed by atoms with E-state index in [-0.39, 0.29) is 60.5 Å². The molecule has 0 bridgehead atoms. The van der Waals surface area contributed by atoms with Crippen LogP contribution in [0.2, 0.25) is 0 Å². The smallest absolute Gasteiger partial charge is 0.327 e. The van der Waals surface area contributed by atoms with Gasteiger partial charge in [-0.2, -0.15) is 75.8 Å². The maximum atomic E-state index is 14.1. The summed E-state index contributed by atoms with van der Waals surface area (Å²) in [5, 5.41) is 44.4. The first kappa shape index (κ1) is 75.1. The molecule has 0 aromatic carbocycles. The van der Waals surface area contributed by atoms with E-state index in [2.05, 4.69) is 134 Å². The Kier molecular flexibility index (Phi) is 34.5. The van der Waals surface area contributed by atoms with E-state index in [9.17, 15) is 77.0 Å². The number of hydrogen-bond acceptors (Lipinski definition) is 22. The van der Waals surface area contributed by atoms with Crippen molar-refractivity contribution in [3.05, 3.63) is 0 Å². The van der Waals surface area contributed by atoms with Crippen LogP contribution in [0.15, 0.2) is 0 Å². The zero-order chi connectivity index (χ0) is 63.4. The molecule has 0 aromatic heterocycles. The fraction of sp³-hybridized carbons (Fsp3) is 0.674. The van der Waals surface area contributed by atoms with Crippen LogP contribution in [0.25, 0.3) is 0 Å². The topological polar surface area (TPSA) is 484 Å². The second kappa shape index (κ2) is 38.1. The molecule has 1 heterocycles. The highest BCUT2D eigenvalue weighted by atomic mass is 32.1. The lowest BCUT2D eigenvalue weighted by molar-refractivity contribution is -0.143. The highest BCUT2D eigenvalue weighted by molar-refractivity contribution is 7.81. The van der Waals surface area contributed by atoms with Gasteiger partial charge in [-0.25, -0.2) is 4.79 Å². The molecule has 1 aliphatic rings. The predicted octanol–water partition coefficient (Wildman–Crippen LogP) is -7.24. The van der Waals surface area contributed by atoms with E-state index in [4.69, 9.17) is 16.6 Å². The third-order valence-electron chi connectivity index (χ3n) is 12.0. The number of rotatable bonds is 37. The maximum Gasteiger partial charge on any atom is 0.327 e. The second-order valence-corrected chi connectivity index (χ2v) is 21.4. The summed E-state index contributed by atoms with van der Waals surface area (Å²) in [6, 6.07) is -16.7. The van der Waals surface area contributed by atoms with Crippen molar-refractivity contribution >= 4 is 165 Å². The molecule has 17 N–H and O–H groups in total. The normalized spacial score (nSPS) is 16.8. The number of thiol groups is 6. The van der Waals surface area contributed by atoms with E-state index in [1.807, 2.05) is 0 Å². The number of nitrogens with zero attached hydrogens (tertiary/aromatic N) is 1. The number of amides is 13. The molecule has 0 radical (unpaired) electrons. The SMILES string of the molecule is CC(C)C[C@H](NC(=O)[C@H](CCC(=O)O)NC(=O)[C@H](CS)NC(=O)[C@@H](N)CS)C(=O)N[C@@H](CS)C(=O)N[C@@H](CS)C(=O)N[C@@H](CC(N)=O)C(=O)N1CCC[C@H]1C(=O)N[C@@H](C)C(=O)N[C@@H](CS)C(=O)N[C@H](C)C(=O)NCC(=O)N[C@@H](CS)C(=O)O. The van der Waals surface area contributed by atoms with Crippen LogP contribution >= 0.6 is 75.8 Å². The van der Waals surface area contributed by atoms with E-state index >= 15 is 0 Å². The minimum absolute atomic E-state index is 0.0490. The molecule has 0 saturated carbocycles. The lowest BCUT2D eigenvalue weighted by atomic mass is 10.0. The summed E-state index contributed by atoms with van der Waals surface area (Å²) < 4.78 is 0. The van der Waals surface area contributed by atoms with Gasteiger partial charge in [0, 0.05) is 47.5 Å². The molecule has 0 aliphatic carbocycles. The summed E-state index contributed by atoms with van der Waals surface area (Å²) >= 11 is 24.3. The van der Waals surface area contributed by atoms with Crippen molar-refractivity contribution in [1.82, 2.24) is 63.4 Å². The van der Waals surface area contributed by atoms with Crippen LogP contribution in [0.3, 0.4) is 0 Å². The Labute approximate surface area is 511 Å². The minimum atomic E-state index is -1.71. The summed E-state index contributed by atoms with van der Waals surface area (Å²) in [6.45, 7) is 5.24. The van der Waals surface area contributed by atoms with E-state index in [0.717, 1.165) is 4.90 Å². The van der Waals surface area contributed by atoms with Crippen molar-refractivity contribution in [1.29, 1.82) is 0 Å². The molecule has 13 amide bonds. The summed E-state index contributed by atoms with van der Waals surface area (Å²) in [5.41, 5.74) is 11.1. The molecule has 468 valence electrons. The van der Waals surface area contributed by atoms with Crippen molar-refractivity contribution in [3.8, 4) is 0 Å². The molecule has 12 atom stereocenters. The third-order valence-corrected chi connectivity index (χ3v) is 14.2. The van der Waals surface area contributed by atoms with Gasteiger partial charge in [0.05, 0.1) is 19.0 Å². The van der Waals surface area contributed by atoms with Crippen LogP contribution in [0.1, 0.15) is 66.2 Å². The van der Waals surface area contributed by atoms with Gasteiger partial charge >= 0.3 is 11.9 Å². The predicted molar refractivity (Wildman–Crippen MR) is 317 cm³/mol. The van der Waals surface area contributed by atoms with Crippen LogP contribution in [0.4, 0.5) is 0 Å². The monoisotopic (exact) mass is 1290 g/mol. The van der Waals surface area contributed by atoms with Gasteiger partial charge in [-0.3, -0.25) is 67.1 Å². The Morgan fingerprint density at radius 1 is 0.506 bits per heavy atom. The van der Waals surface area contributed by atoms with Gasteiger partial charge in [-0.15, -0.1) is 0 Å². The molecule has 31 nitrogen and oxygen atoms in total. The van der Waals surface area contributed by atoms with E-state index in [1.165, 1.54) is 13.8 Å². The summed E-state index contributed by atoms with van der Waals surface area (Å²) in [6.07, 6.45) is -1.59. The molecule has 1 saturated heterocycles. The zero-order valence-corrected chi connectivity index (χ0v) is 51.1. The second-order valence-electron chi connectivity index (χ2n) is 19.2. The van der Waals surface area contributed by atoms with E-state index < -0.39 is 193 Å². The number of aliphatic carboxylic acids is 2. The number of nitrogens with one attached hydrogen (secondary N) is 11. The Hall–Kier alpha value is -5.89. The molecular formula is C46H76N14O17S6. The lowest BCUT2D eigenvalue weighted by Crippen LogP contribution is -2.61. The van der Waals surface area contributed by atoms with Gasteiger partial charge in [-0.1, -0.05) is 13.8 Å². The first-order chi connectivity index (χ1) is 38.9. The standard InChI is InChI=1S/C46H76N14O17S6/c1-19(2)10-24(54-38(68)23(7-8-34(63)64)53-41(71)27(15-80)57-37(67)22(47)13-78)39(69)58-29(17-82)43(73)59-28(16-81)42(72)55-25(11-32(48)61)45(75)60-9-5-6-31(60)44(74)51-21(4)36(66)56-26(14-79)40(70)50-20(3)35(65)49-12-33(62)52-30(18-83)46(76)77/h19-31,78-83H,5-18,47H2,1-4H3,(H2,48,61)(H,49,65)(H,50,70)(H,51,74)(H,52,62)(H,53,71)(H,54,68)(H,55,72)(H,56,66)(H,57,67)(H,58,69)(H,59,73)(H,63,64)(H,76,77)/t20-,21+,22+,23+,24+,25+,26+,27+,28+,29+,30+,31+/m1/s1. The molecule has 1 fully saturated rings. The van der Waals surface area contributed by atoms with Gasteiger partial charge in [-0.05, 0) is 45.4 Å². The first-order valence-electron chi connectivity index (χ1n) is 25.6. The van der Waals surface area contributed by atoms with Crippen LogP contribution in [-0.2, 0) is 71.9 Å². The molecule has 1 rings (SSSR count). The molecule has 0 unspecified atom stereocenters. The van der Waals surface area contributed by atoms with Gasteiger partial charge < -0.3 is 85.1 Å². The molecule has 83 heavy (non-hydrogen) atoms. The molecule has 37 heteroatoms. The average molecular weight is 1290 g/mol. The molecular weight excluding hydrogens is 1210 g/mol. The Bertz CT molecular complexity index is 2370. The Morgan fingerprint density at radius 2 is 0.928 bits per heavy atom. The van der Waals surface area contributed by atoms with E-state index in [0.29, 0.717) is 0 Å².